The average Bonchev–Trinajstić information content (AvgIpc) is 2.25. The molecule has 0 radical (unpaired) electrons. The predicted octanol–water partition coefficient (Wildman–Crippen LogP) is 3.11. The highest BCUT2D eigenvalue weighted by Gasteiger charge is 2.10. The molecule has 0 fully saturated rings. The van der Waals surface area contributed by atoms with Crippen LogP contribution >= 0.6 is 24.0 Å². The van der Waals surface area contributed by atoms with Crippen molar-refractivity contribution in [3.8, 4) is 0 Å². The summed E-state index contributed by atoms with van der Waals surface area (Å²) in [5.41, 5.74) is 7.08. The fourth-order valence-corrected chi connectivity index (χ4v) is 1.55. The van der Waals surface area contributed by atoms with Gasteiger partial charge in [-0.3, -0.25) is 4.99 Å². The number of nitrogens with two attached hydrogens (primary N) is 1. The second-order valence-corrected chi connectivity index (χ2v) is 5.41. The molecule has 0 aliphatic heterocycles. The molecule has 102 valence electrons. The summed E-state index contributed by atoms with van der Waals surface area (Å²) < 4.78 is 0. The summed E-state index contributed by atoms with van der Waals surface area (Å²) in [6.07, 6.45) is 0. The average molecular weight is 361 g/mol. The van der Waals surface area contributed by atoms with Crippen molar-refractivity contribution in [3.05, 3.63) is 35.9 Å². The van der Waals surface area contributed by atoms with Gasteiger partial charge in [-0.25, -0.2) is 0 Å². The van der Waals surface area contributed by atoms with Gasteiger partial charge in [0.25, 0.3) is 0 Å². The molecule has 3 N–H and O–H groups in total. The van der Waals surface area contributed by atoms with E-state index >= 15 is 0 Å². The second-order valence-electron chi connectivity index (χ2n) is 5.41. The highest BCUT2D eigenvalue weighted by Crippen LogP contribution is 2.14. The first-order chi connectivity index (χ1) is 7.88. The fourth-order valence-electron chi connectivity index (χ4n) is 1.55. The third-order valence-corrected chi connectivity index (χ3v) is 2.41. The van der Waals surface area contributed by atoms with Crippen molar-refractivity contribution in [3.63, 3.8) is 0 Å². The third kappa shape index (κ3) is 6.83. The van der Waals surface area contributed by atoms with Crippen molar-refractivity contribution in [1.82, 2.24) is 5.32 Å². The lowest BCUT2D eigenvalue weighted by molar-refractivity contribution is 0.507. The first-order valence-corrected chi connectivity index (χ1v) is 6.01. The number of nitrogens with zero attached hydrogens (tertiary/aromatic N) is 1. The number of nitrogens with one attached hydrogen (secondary N) is 1. The van der Waals surface area contributed by atoms with Crippen LogP contribution in [0.5, 0.6) is 0 Å². The van der Waals surface area contributed by atoms with Gasteiger partial charge in [-0.05, 0) is 26.3 Å². The predicted molar refractivity (Wildman–Crippen MR) is 89.7 cm³/mol. The van der Waals surface area contributed by atoms with E-state index in [1.165, 1.54) is 5.56 Å². The molecule has 0 aliphatic carbocycles. The van der Waals surface area contributed by atoms with Crippen LogP contribution in [0.2, 0.25) is 0 Å². The Bertz CT molecular complexity index is 368. The number of rotatable bonds is 3. The lowest BCUT2D eigenvalue weighted by atomic mass is 10.0. The highest BCUT2D eigenvalue weighted by atomic mass is 127. The topological polar surface area (TPSA) is 50.4 Å². The molecule has 1 aromatic carbocycles. The summed E-state index contributed by atoms with van der Waals surface area (Å²) in [6.45, 7) is 9.06. The van der Waals surface area contributed by atoms with Crippen LogP contribution in [0.1, 0.15) is 39.2 Å². The van der Waals surface area contributed by atoms with Gasteiger partial charge in [-0.15, -0.1) is 24.0 Å². The summed E-state index contributed by atoms with van der Waals surface area (Å²) in [4.78, 5) is 4.37. The summed E-state index contributed by atoms with van der Waals surface area (Å²) in [5, 5.41) is 3.15. The summed E-state index contributed by atoms with van der Waals surface area (Å²) in [5.74, 6) is 0.900. The van der Waals surface area contributed by atoms with Crippen LogP contribution in [-0.4, -0.2) is 18.0 Å². The van der Waals surface area contributed by atoms with Gasteiger partial charge in [-0.2, -0.15) is 0 Å². The van der Waals surface area contributed by atoms with Gasteiger partial charge in [-0.1, -0.05) is 37.3 Å². The molecule has 0 spiro atoms. The lowest BCUT2D eigenvalue weighted by Gasteiger charge is -2.21. The summed E-state index contributed by atoms with van der Waals surface area (Å²) in [6, 6.07) is 10.4. The van der Waals surface area contributed by atoms with Crippen LogP contribution in [0, 0.1) is 0 Å². The lowest BCUT2D eigenvalue weighted by Crippen LogP contribution is -2.45. The number of guanidine groups is 1. The molecule has 1 unspecified atom stereocenters. The molecule has 0 aromatic heterocycles. The summed E-state index contributed by atoms with van der Waals surface area (Å²) in [7, 11) is 0. The zero-order valence-corrected chi connectivity index (χ0v) is 13.9. The van der Waals surface area contributed by atoms with Crippen molar-refractivity contribution in [2.45, 2.75) is 39.2 Å². The largest absolute Gasteiger partial charge is 0.370 e. The van der Waals surface area contributed by atoms with E-state index in [0.717, 1.165) is 0 Å². The van der Waals surface area contributed by atoms with Crippen LogP contribution in [0.3, 0.4) is 0 Å². The van der Waals surface area contributed by atoms with Crippen molar-refractivity contribution >= 4 is 29.9 Å². The van der Waals surface area contributed by atoms with Gasteiger partial charge in [0.05, 0.1) is 0 Å². The Kier molecular flexibility index (Phi) is 7.28. The van der Waals surface area contributed by atoms with Crippen LogP contribution in [0.25, 0.3) is 0 Å². The molecule has 0 saturated heterocycles. The molecule has 1 atom stereocenters. The molecular weight excluding hydrogens is 337 g/mol. The molecule has 1 rings (SSSR count). The molecule has 0 heterocycles. The minimum absolute atomic E-state index is 0. The van der Waals surface area contributed by atoms with Crippen molar-refractivity contribution < 1.29 is 0 Å². The van der Waals surface area contributed by atoms with E-state index in [2.05, 4.69) is 50.1 Å². The Morgan fingerprint density at radius 3 is 2.33 bits per heavy atom. The SMILES string of the molecule is CC(CN=C(N)NC(C)(C)C)c1ccccc1.I. The fraction of sp³-hybridized carbons (Fsp3) is 0.500. The van der Waals surface area contributed by atoms with E-state index in [1.807, 2.05) is 18.2 Å². The van der Waals surface area contributed by atoms with Gasteiger partial charge < -0.3 is 11.1 Å². The van der Waals surface area contributed by atoms with E-state index in [4.69, 9.17) is 5.73 Å². The van der Waals surface area contributed by atoms with E-state index in [0.29, 0.717) is 18.4 Å². The highest BCUT2D eigenvalue weighted by molar-refractivity contribution is 14.0. The summed E-state index contributed by atoms with van der Waals surface area (Å²) >= 11 is 0. The Morgan fingerprint density at radius 2 is 1.83 bits per heavy atom. The molecule has 0 amide bonds. The Morgan fingerprint density at radius 1 is 1.28 bits per heavy atom. The molecule has 18 heavy (non-hydrogen) atoms. The molecule has 0 aliphatic rings. The maximum absolute atomic E-state index is 5.83. The van der Waals surface area contributed by atoms with Gasteiger partial charge in [0.2, 0.25) is 0 Å². The zero-order chi connectivity index (χ0) is 12.9. The standard InChI is InChI=1S/C14H23N3.HI/c1-11(12-8-6-5-7-9-12)10-16-13(15)17-14(2,3)4;/h5-9,11H,10H2,1-4H3,(H3,15,16,17);1H. The first kappa shape index (κ1) is 17.2. The minimum Gasteiger partial charge on any atom is -0.370 e. The van der Waals surface area contributed by atoms with Crippen LogP contribution in [-0.2, 0) is 0 Å². The molecule has 1 aromatic rings. The van der Waals surface area contributed by atoms with E-state index in [-0.39, 0.29) is 29.5 Å². The van der Waals surface area contributed by atoms with E-state index < -0.39 is 0 Å². The number of benzene rings is 1. The van der Waals surface area contributed by atoms with E-state index in [1.54, 1.807) is 0 Å². The van der Waals surface area contributed by atoms with E-state index in [9.17, 15) is 0 Å². The molecule has 0 saturated carbocycles. The van der Waals surface area contributed by atoms with Gasteiger partial charge in [0.15, 0.2) is 5.96 Å². The maximum atomic E-state index is 5.83. The third-order valence-electron chi connectivity index (χ3n) is 2.41. The van der Waals surface area contributed by atoms with Crippen molar-refractivity contribution in [2.75, 3.05) is 6.54 Å². The van der Waals surface area contributed by atoms with Crippen LogP contribution in [0.15, 0.2) is 35.3 Å². The zero-order valence-electron chi connectivity index (χ0n) is 11.6. The van der Waals surface area contributed by atoms with Crippen LogP contribution < -0.4 is 11.1 Å². The first-order valence-electron chi connectivity index (χ1n) is 6.01. The minimum atomic E-state index is -0.0381. The normalized spacial score (nSPS) is 13.7. The van der Waals surface area contributed by atoms with Gasteiger partial charge in [0, 0.05) is 18.0 Å². The number of hydrogen-bond acceptors (Lipinski definition) is 1. The molecule has 3 nitrogen and oxygen atoms in total. The van der Waals surface area contributed by atoms with Gasteiger partial charge >= 0.3 is 0 Å². The number of halogens is 1. The molecular formula is C14H24IN3. The Balaban J connectivity index is 0.00000289. The molecule has 4 heteroatoms. The quantitative estimate of drug-likeness (QED) is 0.494. The maximum Gasteiger partial charge on any atom is 0.189 e. The molecule has 0 bridgehead atoms. The Labute approximate surface area is 127 Å². The number of aliphatic imine (C=N–C) groups is 1. The number of hydrogen-bond donors (Lipinski definition) is 2. The Hall–Kier alpha value is -0.780. The monoisotopic (exact) mass is 361 g/mol. The second kappa shape index (κ2) is 7.61. The van der Waals surface area contributed by atoms with Crippen molar-refractivity contribution in [2.24, 2.45) is 10.7 Å². The van der Waals surface area contributed by atoms with Crippen molar-refractivity contribution in [1.29, 1.82) is 0 Å². The smallest absolute Gasteiger partial charge is 0.189 e. The van der Waals surface area contributed by atoms with Gasteiger partial charge in [0.1, 0.15) is 0 Å². The van der Waals surface area contributed by atoms with Crippen LogP contribution in [0.4, 0.5) is 0 Å².